The number of aryl methyl sites for hydroxylation is 1. The van der Waals surface area contributed by atoms with E-state index in [1.807, 2.05) is 13.8 Å². The van der Waals surface area contributed by atoms with Gasteiger partial charge in [0, 0.05) is 17.7 Å². The van der Waals surface area contributed by atoms with E-state index < -0.39 is 29.2 Å². The van der Waals surface area contributed by atoms with Crippen LogP contribution in [-0.2, 0) is 4.74 Å². The highest BCUT2D eigenvalue weighted by Crippen LogP contribution is 2.46. The SMILES string of the molecule is CCC1(CC)O[C@@H](n2cc(C)c(=O)[nH]c2=O)[C@@H](F)[C@@H]1C. The van der Waals surface area contributed by atoms with Crippen molar-refractivity contribution in [2.75, 3.05) is 0 Å². The molecule has 6 heteroatoms. The number of ether oxygens (including phenoxy) is 1. The third-order valence-corrected chi connectivity index (χ3v) is 4.55. The van der Waals surface area contributed by atoms with Crippen LogP contribution in [-0.4, -0.2) is 21.3 Å². The van der Waals surface area contributed by atoms with Crippen molar-refractivity contribution in [3.05, 3.63) is 32.6 Å². The molecule has 0 spiro atoms. The molecule has 1 aromatic heterocycles. The highest BCUT2D eigenvalue weighted by Gasteiger charge is 2.52. The summed E-state index contributed by atoms with van der Waals surface area (Å²) in [7, 11) is 0. The van der Waals surface area contributed by atoms with Gasteiger partial charge in [-0.3, -0.25) is 14.3 Å². The van der Waals surface area contributed by atoms with E-state index in [0.29, 0.717) is 18.4 Å². The molecule has 3 atom stereocenters. The first kappa shape index (κ1) is 15.0. The fraction of sp³-hybridized carbons (Fsp3) is 0.714. The third kappa shape index (κ3) is 2.12. The molecule has 0 radical (unpaired) electrons. The number of aromatic nitrogens is 2. The maximum Gasteiger partial charge on any atom is 0.330 e. The number of hydrogen-bond donors (Lipinski definition) is 1. The van der Waals surface area contributed by atoms with Crippen LogP contribution in [0.4, 0.5) is 4.39 Å². The minimum atomic E-state index is -1.28. The number of nitrogens with one attached hydrogen (secondary N) is 1. The molecule has 1 saturated heterocycles. The molecule has 1 aliphatic heterocycles. The van der Waals surface area contributed by atoms with E-state index in [9.17, 15) is 14.0 Å². The Morgan fingerprint density at radius 3 is 2.50 bits per heavy atom. The number of H-pyrrole nitrogens is 1. The van der Waals surface area contributed by atoms with Crippen molar-refractivity contribution in [2.24, 2.45) is 5.92 Å². The van der Waals surface area contributed by atoms with Gasteiger partial charge in [0.2, 0.25) is 0 Å². The van der Waals surface area contributed by atoms with Crippen LogP contribution in [0.1, 0.15) is 45.4 Å². The second kappa shape index (κ2) is 5.16. The van der Waals surface area contributed by atoms with E-state index >= 15 is 0 Å². The van der Waals surface area contributed by atoms with Gasteiger partial charge in [0.1, 0.15) is 0 Å². The molecule has 0 amide bonds. The molecule has 0 aromatic carbocycles. The summed E-state index contributed by atoms with van der Waals surface area (Å²) in [6, 6.07) is 0. The molecule has 0 aliphatic carbocycles. The second-order valence-electron chi connectivity index (χ2n) is 5.49. The minimum absolute atomic E-state index is 0.304. The van der Waals surface area contributed by atoms with Gasteiger partial charge in [0.05, 0.1) is 5.60 Å². The first-order chi connectivity index (χ1) is 9.36. The molecule has 112 valence electrons. The number of aromatic amines is 1. The lowest BCUT2D eigenvalue weighted by atomic mass is 9.83. The van der Waals surface area contributed by atoms with Crippen LogP contribution in [0.25, 0.3) is 0 Å². The minimum Gasteiger partial charge on any atom is -0.348 e. The largest absolute Gasteiger partial charge is 0.348 e. The van der Waals surface area contributed by atoms with Crippen molar-refractivity contribution < 1.29 is 9.13 Å². The Balaban J connectivity index is 2.47. The van der Waals surface area contributed by atoms with Gasteiger partial charge < -0.3 is 4.74 Å². The molecular weight excluding hydrogens is 263 g/mol. The van der Waals surface area contributed by atoms with Gasteiger partial charge in [-0.25, -0.2) is 9.18 Å². The van der Waals surface area contributed by atoms with Gasteiger partial charge in [0.25, 0.3) is 5.56 Å². The smallest absolute Gasteiger partial charge is 0.330 e. The predicted molar refractivity (Wildman–Crippen MR) is 73.6 cm³/mol. The fourth-order valence-electron chi connectivity index (χ4n) is 3.00. The lowest BCUT2D eigenvalue weighted by Gasteiger charge is -2.30. The van der Waals surface area contributed by atoms with Gasteiger partial charge in [-0.05, 0) is 19.8 Å². The van der Waals surface area contributed by atoms with Crippen LogP contribution in [0, 0.1) is 12.8 Å². The zero-order chi connectivity index (χ0) is 15.1. The summed E-state index contributed by atoms with van der Waals surface area (Å²) < 4.78 is 21.6. The van der Waals surface area contributed by atoms with Crippen molar-refractivity contribution in [1.29, 1.82) is 0 Å². The van der Waals surface area contributed by atoms with Crippen molar-refractivity contribution in [1.82, 2.24) is 9.55 Å². The monoisotopic (exact) mass is 284 g/mol. The molecule has 20 heavy (non-hydrogen) atoms. The average molecular weight is 284 g/mol. The highest BCUT2D eigenvalue weighted by molar-refractivity contribution is 5.04. The summed E-state index contributed by atoms with van der Waals surface area (Å²) in [5, 5.41) is 0. The van der Waals surface area contributed by atoms with Crippen LogP contribution in [0.15, 0.2) is 15.8 Å². The summed E-state index contributed by atoms with van der Waals surface area (Å²) >= 11 is 0. The molecular formula is C14H21FN2O3. The Labute approximate surface area is 116 Å². The van der Waals surface area contributed by atoms with E-state index in [-0.39, 0.29) is 5.92 Å². The van der Waals surface area contributed by atoms with Crippen LogP contribution < -0.4 is 11.2 Å². The highest BCUT2D eigenvalue weighted by atomic mass is 19.1. The Morgan fingerprint density at radius 2 is 2.00 bits per heavy atom. The Hall–Kier alpha value is -1.43. The molecule has 0 unspecified atom stereocenters. The number of rotatable bonds is 3. The quantitative estimate of drug-likeness (QED) is 0.922. The molecule has 2 heterocycles. The molecule has 0 bridgehead atoms. The molecule has 1 aliphatic rings. The predicted octanol–water partition coefficient (Wildman–Crippen LogP) is 1.91. The number of alkyl halides is 1. The van der Waals surface area contributed by atoms with Crippen LogP contribution in [0.2, 0.25) is 0 Å². The summed E-state index contributed by atoms with van der Waals surface area (Å²) in [6.07, 6.45) is 0.468. The zero-order valence-electron chi connectivity index (χ0n) is 12.3. The normalized spacial score (nSPS) is 28.8. The van der Waals surface area contributed by atoms with E-state index in [1.54, 1.807) is 13.8 Å². The van der Waals surface area contributed by atoms with Crippen molar-refractivity contribution >= 4 is 0 Å². The Bertz CT molecular complexity index is 603. The van der Waals surface area contributed by atoms with Crippen molar-refractivity contribution in [2.45, 2.75) is 58.5 Å². The summed E-state index contributed by atoms with van der Waals surface area (Å²) in [5.74, 6) is -0.304. The topological polar surface area (TPSA) is 64.1 Å². The van der Waals surface area contributed by atoms with E-state index in [2.05, 4.69) is 4.98 Å². The van der Waals surface area contributed by atoms with E-state index in [0.717, 1.165) is 4.57 Å². The molecule has 1 aromatic rings. The first-order valence-corrected chi connectivity index (χ1v) is 7.00. The van der Waals surface area contributed by atoms with Gasteiger partial charge in [-0.15, -0.1) is 0 Å². The molecule has 0 saturated carbocycles. The van der Waals surface area contributed by atoms with Gasteiger partial charge in [-0.1, -0.05) is 20.8 Å². The van der Waals surface area contributed by atoms with Crippen molar-refractivity contribution in [3.63, 3.8) is 0 Å². The standard InChI is InChI=1S/C14H21FN2O3/c1-5-14(6-2)9(4)10(15)12(20-14)17-7-8(3)11(18)16-13(17)19/h7,9-10,12H,5-6H2,1-4H3,(H,16,18,19)/t9-,10-,12+/m0/s1. The summed E-state index contributed by atoms with van der Waals surface area (Å²) in [4.78, 5) is 25.5. The Kier molecular flexibility index (Phi) is 3.86. The molecule has 5 nitrogen and oxygen atoms in total. The third-order valence-electron chi connectivity index (χ3n) is 4.55. The molecule has 1 fully saturated rings. The maximum atomic E-state index is 14.6. The van der Waals surface area contributed by atoms with Crippen molar-refractivity contribution in [3.8, 4) is 0 Å². The van der Waals surface area contributed by atoms with E-state index in [4.69, 9.17) is 4.74 Å². The lowest BCUT2D eigenvalue weighted by Crippen LogP contribution is -2.36. The summed E-state index contributed by atoms with van der Waals surface area (Å²) in [6.45, 7) is 7.29. The average Bonchev–Trinajstić information content (AvgIpc) is 2.68. The number of hydrogen-bond acceptors (Lipinski definition) is 3. The number of nitrogens with zero attached hydrogens (tertiary/aromatic N) is 1. The lowest BCUT2D eigenvalue weighted by molar-refractivity contribution is -0.0936. The second-order valence-corrected chi connectivity index (χ2v) is 5.49. The van der Waals surface area contributed by atoms with E-state index in [1.165, 1.54) is 6.20 Å². The molecule has 1 N–H and O–H groups in total. The number of halogens is 1. The Morgan fingerprint density at radius 1 is 1.40 bits per heavy atom. The van der Waals surface area contributed by atoms with Crippen LogP contribution in [0.3, 0.4) is 0 Å². The fourth-order valence-corrected chi connectivity index (χ4v) is 3.00. The summed E-state index contributed by atoms with van der Waals surface area (Å²) in [5.41, 5.74) is -1.29. The zero-order valence-corrected chi connectivity index (χ0v) is 12.3. The van der Waals surface area contributed by atoms with Gasteiger partial charge >= 0.3 is 5.69 Å². The van der Waals surface area contributed by atoms with Gasteiger partial charge in [-0.2, -0.15) is 0 Å². The molecule has 2 rings (SSSR count). The maximum absolute atomic E-state index is 14.6. The van der Waals surface area contributed by atoms with Crippen LogP contribution >= 0.6 is 0 Å². The van der Waals surface area contributed by atoms with Crippen LogP contribution in [0.5, 0.6) is 0 Å². The first-order valence-electron chi connectivity index (χ1n) is 7.00. The van der Waals surface area contributed by atoms with Gasteiger partial charge in [0.15, 0.2) is 12.4 Å².